The van der Waals surface area contributed by atoms with E-state index in [1.165, 1.54) is 0 Å². The summed E-state index contributed by atoms with van der Waals surface area (Å²) >= 11 is 0. The average molecular weight is 341 g/mol. The second kappa shape index (κ2) is 10.1. The van der Waals surface area contributed by atoms with E-state index in [0.29, 0.717) is 13.0 Å². The third-order valence-corrected chi connectivity index (χ3v) is 3.57. The molecule has 25 heavy (non-hydrogen) atoms. The first-order chi connectivity index (χ1) is 12.2. The molecule has 2 rings (SSSR count). The van der Waals surface area contributed by atoms with Crippen LogP contribution in [-0.4, -0.2) is 25.1 Å². The normalized spacial score (nSPS) is 10.1. The van der Waals surface area contributed by atoms with Crippen molar-refractivity contribution >= 4 is 17.6 Å². The molecule has 0 saturated carbocycles. The van der Waals surface area contributed by atoms with Crippen molar-refractivity contribution in [3.8, 4) is 5.75 Å². The molecule has 0 unspecified atom stereocenters. The van der Waals surface area contributed by atoms with E-state index < -0.39 is 5.97 Å². The predicted molar refractivity (Wildman–Crippen MR) is 96.6 cm³/mol. The topological polar surface area (TPSA) is 64.6 Å². The number of amides is 1. The molecule has 2 aromatic carbocycles. The fraction of sp³-hybridized carbons (Fsp3) is 0.300. The lowest BCUT2D eigenvalue weighted by molar-refractivity contribution is -0.147. The number of nitrogens with one attached hydrogen (secondary N) is 1. The molecule has 0 atom stereocenters. The van der Waals surface area contributed by atoms with Gasteiger partial charge in [0.1, 0.15) is 5.75 Å². The Kier molecular flexibility index (Phi) is 7.50. The standard InChI is InChI=1S/C20H23NO4/c1-2-16-9-6-7-12-18(16)21-19(22)15-25-20(23)13-8-14-24-17-10-4-3-5-11-17/h3-7,9-12H,2,8,13-15H2,1H3,(H,21,22). The Balaban J connectivity index is 1.63. The van der Waals surface area contributed by atoms with Gasteiger partial charge in [-0.25, -0.2) is 0 Å². The average Bonchev–Trinajstić information content (AvgIpc) is 2.65. The SMILES string of the molecule is CCc1ccccc1NC(=O)COC(=O)CCCOc1ccccc1. The van der Waals surface area contributed by atoms with E-state index >= 15 is 0 Å². The minimum absolute atomic E-state index is 0.214. The first kappa shape index (κ1) is 18.5. The van der Waals surface area contributed by atoms with E-state index in [0.717, 1.165) is 23.4 Å². The molecular weight excluding hydrogens is 318 g/mol. The molecule has 0 bridgehead atoms. The predicted octanol–water partition coefficient (Wildman–Crippen LogP) is 3.59. The molecular formula is C20H23NO4. The van der Waals surface area contributed by atoms with E-state index in [1.807, 2.05) is 61.5 Å². The monoisotopic (exact) mass is 341 g/mol. The highest BCUT2D eigenvalue weighted by Gasteiger charge is 2.09. The maximum Gasteiger partial charge on any atom is 0.306 e. The summed E-state index contributed by atoms with van der Waals surface area (Å²) in [7, 11) is 0. The Morgan fingerprint density at radius 3 is 2.48 bits per heavy atom. The first-order valence-corrected chi connectivity index (χ1v) is 8.40. The van der Waals surface area contributed by atoms with Gasteiger partial charge in [-0.3, -0.25) is 9.59 Å². The fourth-order valence-corrected chi connectivity index (χ4v) is 2.28. The lowest BCUT2D eigenvalue weighted by atomic mass is 10.1. The van der Waals surface area contributed by atoms with Crippen LogP contribution >= 0.6 is 0 Å². The quantitative estimate of drug-likeness (QED) is 0.559. The Hall–Kier alpha value is -2.82. The van der Waals surface area contributed by atoms with Gasteiger partial charge in [-0.15, -0.1) is 0 Å². The zero-order chi connectivity index (χ0) is 17.9. The number of carbonyl (C=O) groups is 2. The van der Waals surface area contributed by atoms with E-state index in [1.54, 1.807) is 0 Å². The summed E-state index contributed by atoms with van der Waals surface area (Å²) in [5, 5.41) is 2.76. The van der Waals surface area contributed by atoms with Crippen molar-refractivity contribution in [2.24, 2.45) is 0 Å². The summed E-state index contributed by atoms with van der Waals surface area (Å²) < 4.78 is 10.5. The van der Waals surface area contributed by atoms with Gasteiger partial charge in [0.05, 0.1) is 6.61 Å². The van der Waals surface area contributed by atoms with Crippen molar-refractivity contribution in [1.82, 2.24) is 0 Å². The van der Waals surface area contributed by atoms with Gasteiger partial charge < -0.3 is 14.8 Å². The summed E-state index contributed by atoms with van der Waals surface area (Å²) in [5.41, 5.74) is 1.79. The molecule has 0 saturated heterocycles. The highest BCUT2D eigenvalue weighted by Crippen LogP contribution is 2.15. The van der Waals surface area contributed by atoms with Gasteiger partial charge in [0.25, 0.3) is 5.91 Å². The highest BCUT2D eigenvalue weighted by atomic mass is 16.5. The molecule has 2 aromatic rings. The second-order valence-electron chi connectivity index (χ2n) is 5.48. The van der Waals surface area contributed by atoms with Gasteiger partial charge in [-0.2, -0.15) is 0 Å². The molecule has 132 valence electrons. The Bertz CT molecular complexity index is 685. The summed E-state index contributed by atoms with van der Waals surface area (Å²) in [6.07, 6.45) is 1.57. The van der Waals surface area contributed by atoms with E-state index in [4.69, 9.17) is 9.47 Å². The number of hydrogen-bond acceptors (Lipinski definition) is 4. The number of para-hydroxylation sites is 2. The zero-order valence-electron chi connectivity index (χ0n) is 14.4. The third-order valence-electron chi connectivity index (χ3n) is 3.57. The molecule has 0 aliphatic carbocycles. The third kappa shape index (κ3) is 6.67. The summed E-state index contributed by atoms with van der Waals surface area (Å²) in [5.74, 6) is 0.0233. The second-order valence-corrected chi connectivity index (χ2v) is 5.48. The number of esters is 1. The van der Waals surface area contributed by atoms with E-state index in [-0.39, 0.29) is 18.9 Å². The molecule has 5 heteroatoms. The molecule has 0 fully saturated rings. The first-order valence-electron chi connectivity index (χ1n) is 8.40. The molecule has 1 N–H and O–H groups in total. The summed E-state index contributed by atoms with van der Waals surface area (Å²) in [6, 6.07) is 17.0. The number of carbonyl (C=O) groups excluding carboxylic acids is 2. The smallest absolute Gasteiger partial charge is 0.306 e. The van der Waals surface area contributed by atoms with Crippen molar-refractivity contribution in [2.45, 2.75) is 26.2 Å². The molecule has 0 aliphatic heterocycles. The van der Waals surface area contributed by atoms with Gasteiger partial charge in [-0.1, -0.05) is 43.3 Å². The lowest BCUT2D eigenvalue weighted by Gasteiger charge is -2.10. The number of rotatable bonds is 9. The van der Waals surface area contributed by atoms with Crippen molar-refractivity contribution in [3.05, 3.63) is 60.2 Å². The van der Waals surface area contributed by atoms with Gasteiger partial charge in [0, 0.05) is 12.1 Å². The maximum atomic E-state index is 11.9. The van der Waals surface area contributed by atoms with E-state index in [2.05, 4.69) is 5.32 Å². The number of ether oxygens (including phenoxy) is 2. The fourth-order valence-electron chi connectivity index (χ4n) is 2.28. The summed E-state index contributed by atoms with van der Waals surface area (Å²) in [4.78, 5) is 23.6. The molecule has 0 aromatic heterocycles. The molecule has 0 aliphatic rings. The van der Waals surface area contributed by atoms with Crippen molar-refractivity contribution in [3.63, 3.8) is 0 Å². The minimum Gasteiger partial charge on any atom is -0.494 e. The molecule has 0 spiro atoms. The number of benzene rings is 2. The van der Waals surface area contributed by atoms with Gasteiger partial charge in [0.2, 0.25) is 0 Å². The van der Waals surface area contributed by atoms with Crippen LogP contribution in [0.3, 0.4) is 0 Å². The van der Waals surface area contributed by atoms with Crippen LogP contribution in [0.25, 0.3) is 0 Å². The van der Waals surface area contributed by atoms with Crippen LogP contribution in [0.1, 0.15) is 25.3 Å². The minimum atomic E-state index is -0.407. The maximum absolute atomic E-state index is 11.9. The van der Waals surface area contributed by atoms with Crippen LogP contribution in [-0.2, 0) is 20.7 Å². The van der Waals surface area contributed by atoms with Crippen molar-refractivity contribution < 1.29 is 19.1 Å². The molecule has 0 heterocycles. The Morgan fingerprint density at radius 2 is 1.72 bits per heavy atom. The number of hydrogen-bond donors (Lipinski definition) is 1. The van der Waals surface area contributed by atoms with Crippen LogP contribution < -0.4 is 10.1 Å². The van der Waals surface area contributed by atoms with Crippen LogP contribution in [0.4, 0.5) is 5.69 Å². The van der Waals surface area contributed by atoms with Gasteiger partial charge in [-0.05, 0) is 36.6 Å². The van der Waals surface area contributed by atoms with Crippen LogP contribution in [0.2, 0.25) is 0 Å². The summed E-state index contributed by atoms with van der Waals surface area (Å²) in [6.45, 7) is 2.16. The van der Waals surface area contributed by atoms with Crippen LogP contribution in [0.15, 0.2) is 54.6 Å². The molecule has 1 amide bonds. The lowest BCUT2D eigenvalue weighted by Crippen LogP contribution is -2.21. The number of anilines is 1. The van der Waals surface area contributed by atoms with Crippen LogP contribution in [0, 0.1) is 0 Å². The molecule has 0 radical (unpaired) electrons. The highest BCUT2D eigenvalue weighted by molar-refractivity contribution is 5.93. The van der Waals surface area contributed by atoms with Crippen LogP contribution in [0.5, 0.6) is 5.75 Å². The van der Waals surface area contributed by atoms with Crippen molar-refractivity contribution in [1.29, 1.82) is 0 Å². The molecule has 5 nitrogen and oxygen atoms in total. The zero-order valence-corrected chi connectivity index (χ0v) is 14.4. The van der Waals surface area contributed by atoms with E-state index in [9.17, 15) is 9.59 Å². The van der Waals surface area contributed by atoms with Gasteiger partial charge >= 0.3 is 5.97 Å². The largest absolute Gasteiger partial charge is 0.494 e. The van der Waals surface area contributed by atoms with Crippen molar-refractivity contribution in [2.75, 3.05) is 18.5 Å². The van der Waals surface area contributed by atoms with Gasteiger partial charge in [0.15, 0.2) is 6.61 Å². The number of aryl methyl sites for hydroxylation is 1. The Labute approximate surface area is 148 Å². The Morgan fingerprint density at radius 1 is 1.00 bits per heavy atom.